The van der Waals surface area contributed by atoms with Crippen LogP contribution in [-0.4, -0.2) is 22.0 Å². The van der Waals surface area contributed by atoms with Gasteiger partial charge in [0.2, 0.25) is 0 Å². The zero-order valence-corrected chi connectivity index (χ0v) is 38.7. The van der Waals surface area contributed by atoms with E-state index in [2.05, 4.69) is 118 Å². The van der Waals surface area contributed by atoms with Gasteiger partial charge in [-0.15, -0.1) is 16.1 Å². The molecule has 0 radical (unpaired) electrons. The molecule has 0 bridgehead atoms. The molecule has 3 nitrogen and oxygen atoms in total. The largest absolute Gasteiger partial charge is 3.00 e. The minimum Gasteiger partial charge on any atom is -0.439 e. The summed E-state index contributed by atoms with van der Waals surface area (Å²) in [5.74, 6) is 0.704. The van der Waals surface area contributed by atoms with E-state index in [0.29, 0.717) is 11.5 Å². The van der Waals surface area contributed by atoms with Crippen LogP contribution in [0.3, 0.4) is 0 Å². The number of nitrogens with zero attached hydrogens (tertiary/aromatic N) is 2. The molecule has 5 aromatic carbocycles. The Balaban J connectivity index is 0.000000644. The second-order valence-corrected chi connectivity index (χ2v) is 29.6. The Morgan fingerprint density at radius 1 is 0.585 bits per heavy atom. The van der Waals surface area contributed by atoms with E-state index < -0.39 is 23.3 Å². The molecule has 0 unspecified atom stereocenters. The smallest absolute Gasteiger partial charge is 0.439 e. The fourth-order valence-electron chi connectivity index (χ4n) is 4.62. The van der Waals surface area contributed by atoms with Crippen LogP contribution in [0.25, 0.3) is 5.32 Å². The first kappa shape index (κ1) is 48.5. The molecule has 53 heavy (non-hydrogen) atoms. The molecule has 0 aliphatic carbocycles. The molecule has 0 aromatic heterocycles. The van der Waals surface area contributed by atoms with E-state index in [4.69, 9.17) is 10.3 Å². The Hall–Kier alpha value is -2.53. The summed E-state index contributed by atoms with van der Waals surface area (Å²) in [7, 11) is -4.90. The summed E-state index contributed by atoms with van der Waals surface area (Å²) in [5.41, 5.74) is 4.84. The molecule has 5 rings (SSSR count). The minimum absolute atomic E-state index is 0. The van der Waals surface area contributed by atoms with Gasteiger partial charge in [-0.3, -0.25) is 0 Å². The third-order valence-electron chi connectivity index (χ3n) is 6.96. The van der Waals surface area contributed by atoms with Gasteiger partial charge in [0.15, 0.2) is 7.14 Å². The first-order valence-corrected chi connectivity index (χ1v) is 27.1. The number of para-hydroxylation sites is 2. The van der Waals surface area contributed by atoms with Crippen molar-refractivity contribution in [3.63, 3.8) is 0 Å². The van der Waals surface area contributed by atoms with Crippen molar-refractivity contribution in [1.82, 2.24) is 0 Å². The van der Waals surface area contributed by atoms with Crippen molar-refractivity contribution in [3.8, 4) is 0 Å². The van der Waals surface area contributed by atoms with Gasteiger partial charge in [0, 0.05) is 15.9 Å². The second-order valence-electron chi connectivity index (χ2n) is 16.6. The third kappa shape index (κ3) is 18.1. The quantitative estimate of drug-likeness (QED) is 0.0569. The summed E-state index contributed by atoms with van der Waals surface area (Å²) in [4.78, 5) is 5.05. The van der Waals surface area contributed by atoms with Crippen molar-refractivity contribution in [1.29, 1.82) is 0 Å². The average molecular weight is 921 g/mol. The van der Waals surface area contributed by atoms with Crippen LogP contribution in [0.1, 0.15) is 37.5 Å². The number of amidine groups is 1. The molecule has 0 atom stereocenters. The van der Waals surface area contributed by atoms with E-state index >= 15 is 4.57 Å². The fourth-order valence-corrected chi connectivity index (χ4v) is 7.41. The SMILES string of the molecule is Cc1cccc(C)c1N=C([N-]c1ccccc1P(=O)(c1ccccc1)c1ccccc1)C(C)(C)C.Cc1ccccc1.[CH2-][Si](C)(C)C.[CH2-][Si](C)(C)C.[Lu+3]. The zero-order chi connectivity index (χ0) is 39.2. The van der Waals surface area contributed by atoms with Gasteiger partial charge in [-0.2, -0.15) is 0 Å². The molecule has 0 N–H and O–H groups in total. The maximum absolute atomic E-state index is 15.0. The van der Waals surface area contributed by atoms with Gasteiger partial charge in [0.1, 0.15) is 0 Å². The van der Waals surface area contributed by atoms with E-state index in [1.807, 2.05) is 109 Å². The van der Waals surface area contributed by atoms with E-state index in [1.165, 1.54) is 5.56 Å². The van der Waals surface area contributed by atoms with Gasteiger partial charge in [-0.1, -0.05) is 205 Å². The van der Waals surface area contributed by atoms with Gasteiger partial charge in [-0.25, -0.2) is 0 Å². The molecule has 0 fully saturated rings. The maximum Gasteiger partial charge on any atom is 3.00 e. The van der Waals surface area contributed by atoms with Gasteiger partial charge in [0.25, 0.3) is 0 Å². The summed E-state index contributed by atoms with van der Waals surface area (Å²) in [6.45, 7) is 33.7. The standard InChI is InChI=1S/C31H32N2OP.C7H8.2C4H11Si.Lu/c1-23-15-14-16-24(2)29(23)33-30(31(3,4)5)32-27-21-12-13-22-28(27)35(34,25-17-8-6-9-18-25)26-19-10-7-11-20-26;1-7-5-3-2-4-6-7;2*1-5(2,3)4;/h6-22H,1-5H3;2-6H,1H3;2*1H2,2-4H3;/q-1;;2*-1;+3. The number of rotatable bonds is 5. The van der Waals surface area contributed by atoms with Crippen molar-refractivity contribution < 1.29 is 41.4 Å². The molecule has 290 valence electrons. The van der Waals surface area contributed by atoms with Crippen LogP contribution < -0.4 is 15.9 Å². The molecular weight excluding hydrogens is 859 g/mol. The summed E-state index contributed by atoms with van der Waals surface area (Å²) < 4.78 is 15.0. The number of hydrogen-bond donors (Lipinski definition) is 0. The average Bonchev–Trinajstić information content (AvgIpc) is 3.05. The minimum atomic E-state index is -3.17. The van der Waals surface area contributed by atoms with Gasteiger partial charge in [-0.05, 0) is 48.7 Å². The third-order valence-corrected chi connectivity index (χ3v) is 10.1. The molecule has 0 aliphatic rings. The van der Waals surface area contributed by atoms with Crippen LogP contribution in [0.5, 0.6) is 0 Å². The summed E-state index contributed by atoms with van der Waals surface area (Å²) >= 11 is 0. The normalized spacial score (nSPS) is 11.6. The summed E-state index contributed by atoms with van der Waals surface area (Å²) in [5, 5.41) is 7.40. The van der Waals surface area contributed by atoms with Crippen LogP contribution in [0, 0.1) is 76.2 Å². The Bertz CT molecular complexity index is 1790. The maximum atomic E-state index is 15.0. The molecule has 0 amide bonds. The fraction of sp³-hybridized carbons (Fsp3) is 0.283. The van der Waals surface area contributed by atoms with E-state index in [9.17, 15) is 0 Å². The second kappa shape index (κ2) is 22.1. The predicted molar refractivity (Wildman–Crippen MR) is 240 cm³/mol. The first-order valence-electron chi connectivity index (χ1n) is 18.0. The molecule has 0 spiro atoms. The van der Waals surface area contributed by atoms with Gasteiger partial charge in [0.05, 0.1) is 0 Å². The monoisotopic (exact) mass is 920 g/mol. The number of benzene rings is 5. The Morgan fingerprint density at radius 3 is 1.30 bits per heavy atom. The van der Waals surface area contributed by atoms with Crippen LogP contribution >= 0.6 is 7.14 Å². The molecule has 0 saturated heterocycles. The Labute approximate surface area is 354 Å². The topological polar surface area (TPSA) is 43.5 Å². The van der Waals surface area contributed by atoms with Crippen molar-refractivity contribution >= 4 is 56.4 Å². The van der Waals surface area contributed by atoms with Crippen molar-refractivity contribution in [2.45, 2.75) is 80.8 Å². The molecule has 0 heterocycles. The predicted octanol–water partition coefficient (Wildman–Crippen LogP) is 13.1. The van der Waals surface area contributed by atoms with E-state index in [-0.39, 0.29) is 42.3 Å². The van der Waals surface area contributed by atoms with E-state index in [1.54, 1.807) is 0 Å². The van der Waals surface area contributed by atoms with Crippen molar-refractivity contribution in [2.75, 3.05) is 0 Å². The van der Waals surface area contributed by atoms with Crippen LogP contribution in [0.2, 0.25) is 39.3 Å². The van der Waals surface area contributed by atoms with Crippen molar-refractivity contribution in [2.24, 2.45) is 10.4 Å². The van der Waals surface area contributed by atoms with Crippen LogP contribution in [-0.2, 0) is 4.57 Å². The van der Waals surface area contributed by atoms with Gasteiger partial charge < -0.3 is 28.0 Å². The molecular formula is C46H62LuN2OPSi2. The molecule has 0 aliphatic heterocycles. The van der Waals surface area contributed by atoms with Crippen molar-refractivity contribution in [3.05, 3.63) is 169 Å². The van der Waals surface area contributed by atoms with E-state index in [0.717, 1.165) is 32.7 Å². The van der Waals surface area contributed by atoms with Crippen LogP contribution in [0.15, 0.2) is 138 Å². The number of aliphatic imine (C=N–C) groups is 1. The summed E-state index contributed by atoms with van der Waals surface area (Å²) in [6.07, 6.45) is 0. The van der Waals surface area contributed by atoms with Gasteiger partial charge >= 0.3 is 36.9 Å². The Morgan fingerprint density at radius 2 is 0.943 bits per heavy atom. The molecule has 0 saturated carbocycles. The first-order chi connectivity index (χ1) is 24.1. The Kier molecular flexibility index (Phi) is 20.2. The zero-order valence-electron chi connectivity index (χ0n) is 34.1. The molecule has 5 aromatic rings. The number of hydrogen-bond acceptors (Lipinski definition) is 2. The molecule has 7 heteroatoms. The van der Waals surface area contributed by atoms with Crippen LogP contribution in [0.4, 0.5) is 11.4 Å². The number of aryl methyl sites for hydroxylation is 3. The summed E-state index contributed by atoms with van der Waals surface area (Å²) in [6, 6.07) is 43.6.